The van der Waals surface area contributed by atoms with Crippen LogP contribution in [0.5, 0.6) is 0 Å². The average Bonchev–Trinajstić information content (AvgIpc) is 3.41. The first-order valence-corrected chi connectivity index (χ1v) is 28.0. The van der Waals surface area contributed by atoms with E-state index in [0.717, 1.165) is 11.3 Å². The van der Waals surface area contributed by atoms with Gasteiger partial charge in [0.05, 0.1) is 64.5 Å². The monoisotopic (exact) mass is 1210 g/mol. The number of H-pyrrole nitrogens is 1. The Kier molecular flexibility index (Phi) is 29.2. The number of hydrogen-bond donors (Lipinski definition) is 12. The number of anilines is 3. The molecule has 2 aromatic heterocycles. The van der Waals surface area contributed by atoms with Gasteiger partial charge in [-0.15, -0.1) is 0 Å². The number of aliphatic carboxylic acids is 5. The van der Waals surface area contributed by atoms with E-state index in [0.29, 0.717) is 88.5 Å². The maximum absolute atomic E-state index is 12.9. The number of nitrogens with two attached hydrogens (primary N) is 1. The van der Waals surface area contributed by atoms with Gasteiger partial charge in [-0.05, 0) is 86.3 Å². The van der Waals surface area contributed by atoms with Crippen LogP contribution in [0.15, 0.2) is 59.5 Å². The SMILES string of the molecule is Nc1nc2ncc(CNc3ccc(C(=O)N[C@@H](CCC(=O)NCCCOCCOCCOCCCNC(=S)Nc4ccc(CCC(C(=O)O)N5CCN(CC(=O)O)CCN(CC(=O)O)CCN(CC(=O)O)CC5)cc4)C(=O)O)cc3)nc2c(=O)[nH]1. The van der Waals surface area contributed by atoms with Crippen molar-refractivity contribution >= 4 is 87.5 Å². The van der Waals surface area contributed by atoms with Crippen molar-refractivity contribution in [2.24, 2.45) is 0 Å². The Balaban J connectivity index is 0.872. The minimum Gasteiger partial charge on any atom is -0.480 e. The highest BCUT2D eigenvalue weighted by molar-refractivity contribution is 7.80. The minimum absolute atomic E-state index is 0.0402. The van der Waals surface area contributed by atoms with E-state index in [1.807, 2.05) is 24.3 Å². The molecule has 30 nitrogen and oxygen atoms in total. The zero-order valence-corrected chi connectivity index (χ0v) is 47.9. The molecule has 1 saturated heterocycles. The molecule has 3 heterocycles. The first-order valence-electron chi connectivity index (χ1n) is 27.6. The first-order chi connectivity index (χ1) is 40.8. The third kappa shape index (κ3) is 26.2. The number of aromatic nitrogens is 4. The molecule has 2 atom stereocenters. The average molecular weight is 1210 g/mol. The summed E-state index contributed by atoms with van der Waals surface area (Å²) in [5.74, 6) is -6.60. The van der Waals surface area contributed by atoms with Crippen LogP contribution < -0.4 is 37.9 Å². The van der Waals surface area contributed by atoms with Crippen molar-refractivity contribution in [2.45, 2.75) is 57.2 Å². The zero-order chi connectivity index (χ0) is 61.5. The highest BCUT2D eigenvalue weighted by Crippen LogP contribution is 2.17. The number of nitrogens with zero attached hydrogens (tertiary/aromatic N) is 7. The lowest BCUT2D eigenvalue weighted by Crippen LogP contribution is -2.51. The smallest absolute Gasteiger partial charge is 0.326 e. The van der Waals surface area contributed by atoms with E-state index in [9.17, 15) is 63.9 Å². The minimum atomic E-state index is -1.30. The van der Waals surface area contributed by atoms with Crippen molar-refractivity contribution in [1.29, 1.82) is 0 Å². The summed E-state index contributed by atoms with van der Waals surface area (Å²) in [6.45, 7) is 4.11. The van der Waals surface area contributed by atoms with Crippen LogP contribution in [0.3, 0.4) is 0 Å². The van der Waals surface area contributed by atoms with Gasteiger partial charge in [0.15, 0.2) is 16.3 Å². The Labute approximate surface area is 494 Å². The van der Waals surface area contributed by atoms with Crippen molar-refractivity contribution in [2.75, 3.05) is 141 Å². The molecule has 0 radical (unpaired) electrons. The Morgan fingerprint density at radius 1 is 0.659 bits per heavy atom. The molecular formula is C54H76N14O16S. The number of rotatable bonds is 35. The van der Waals surface area contributed by atoms with E-state index >= 15 is 0 Å². The van der Waals surface area contributed by atoms with Crippen molar-refractivity contribution < 1.29 is 73.3 Å². The number of carboxylic acid groups (broad SMARTS) is 5. The van der Waals surface area contributed by atoms with Crippen LogP contribution in [0.2, 0.25) is 0 Å². The normalized spacial score (nSPS) is 14.7. The van der Waals surface area contributed by atoms with E-state index < -0.39 is 53.4 Å². The summed E-state index contributed by atoms with van der Waals surface area (Å²) in [6.07, 6.45) is 3.03. The van der Waals surface area contributed by atoms with Crippen LogP contribution in [0, 0.1) is 0 Å². The van der Waals surface area contributed by atoms with E-state index in [4.69, 9.17) is 32.2 Å². The molecule has 2 aromatic carbocycles. The lowest BCUT2D eigenvalue weighted by Gasteiger charge is -2.35. The Hall–Kier alpha value is -8.04. The van der Waals surface area contributed by atoms with Gasteiger partial charge in [0.1, 0.15) is 12.1 Å². The van der Waals surface area contributed by atoms with Gasteiger partial charge in [0, 0.05) is 102 Å². The highest BCUT2D eigenvalue weighted by Gasteiger charge is 2.28. The van der Waals surface area contributed by atoms with Crippen LogP contribution in [0.25, 0.3) is 11.2 Å². The number of nitrogen functional groups attached to an aromatic ring is 1. The number of aryl methyl sites for hydroxylation is 1. The van der Waals surface area contributed by atoms with Gasteiger partial charge in [-0.25, -0.2) is 14.8 Å². The number of hydrogen-bond acceptors (Lipinski definition) is 21. The van der Waals surface area contributed by atoms with Crippen molar-refractivity contribution in [3.63, 3.8) is 0 Å². The Bertz CT molecular complexity index is 2860. The number of ether oxygens (including phenoxy) is 3. The third-order valence-electron chi connectivity index (χ3n) is 13.2. The molecule has 464 valence electrons. The van der Waals surface area contributed by atoms with Crippen molar-refractivity contribution in [3.05, 3.63) is 81.9 Å². The molecule has 2 amide bonds. The zero-order valence-electron chi connectivity index (χ0n) is 47.1. The topological polar surface area (TPSA) is 419 Å². The third-order valence-corrected chi connectivity index (χ3v) is 13.5. The molecule has 1 fully saturated rings. The summed E-state index contributed by atoms with van der Waals surface area (Å²) in [4.78, 5) is 118. The second kappa shape index (κ2) is 36.6. The predicted octanol–water partition coefficient (Wildman–Crippen LogP) is -0.335. The highest BCUT2D eigenvalue weighted by atomic mass is 32.1. The number of carbonyl (C=O) groups excluding carboxylic acids is 2. The quantitative estimate of drug-likeness (QED) is 0.0207. The standard InChI is InChI=1S/C54H76N14O16S/c55-53-63-48-47(50(77)64-53)60-40(32-59-48)31-58-38-10-6-37(7-11-38)49(76)62-41(51(78)79)12-14-43(69)56-15-1-25-82-27-29-84-30-28-83-26-2-16-57-54(85)61-39-8-3-36(4-9-39)5-13-42(52(80)81)68-23-21-66(34-45(72)73)19-17-65(33-44(70)71)18-20-67(22-24-68)35-46(74)75/h3-4,6-11,32,41-42,58H,1-2,5,12-31,33-35H2,(H,56,69)(H,62,76)(H,70,71)(H,72,73)(H,74,75)(H,78,79)(H,80,81)(H2,57,61,85)(H3,55,59,63,64,77)/t41-,42?/m0/s1. The summed E-state index contributed by atoms with van der Waals surface area (Å²) in [5.41, 5.74) is 8.07. The molecule has 0 spiro atoms. The summed E-state index contributed by atoms with van der Waals surface area (Å²) >= 11 is 5.46. The molecule has 1 unspecified atom stereocenters. The number of carboxylic acids is 5. The van der Waals surface area contributed by atoms with Crippen LogP contribution >= 0.6 is 12.2 Å². The molecule has 31 heteroatoms. The van der Waals surface area contributed by atoms with Gasteiger partial charge >= 0.3 is 29.8 Å². The number of aromatic amines is 1. The van der Waals surface area contributed by atoms with Crippen LogP contribution in [-0.4, -0.2) is 249 Å². The molecule has 4 aromatic rings. The van der Waals surface area contributed by atoms with Gasteiger partial charge < -0.3 is 72.1 Å². The van der Waals surface area contributed by atoms with Gasteiger partial charge in [0.25, 0.3) is 11.5 Å². The number of fused-ring (bicyclic) bond motifs is 1. The second-order valence-corrected chi connectivity index (χ2v) is 20.1. The molecule has 1 aliphatic rings. The van der Waals surface area contributed by atoms with Gasteiger partial charge in [-0.2, -0.15) is 4.98 Å². The summed E-state index contributed by atoms with van der Waals surface area (Å²) in [7, 11) is 0. The van der Waals surface area contributed by atoms with Gasteiger partial charge in [-0.1, -0.05) is 12.1 Å². The molecule has 5 rings (SSSR count). The first kappa shape index (κ1) is 67.7. The van der Waals surface area contributed by atoms with Crippen LogP contribution in [0.1, 0.15) is 53.7 Å². The van der Waals surface area contributed by atoms with E-state index in [2.05, 4.69) is 46.5 Å². The lowest BCUT2D eigenvalue weighted by molar-refractivity contribution is -0.145. The Morgan fingerprint density at radius 3 is 1.73 bits per heavy atom. The molecule has 0 bridgehead atoms. The fourth-order valence-corrected chi connectivity index (χ4v) is 9.00. The number of amides is 2. The molecule has 13 N–H and O–H groups in total. The number of nitrogens with one attached hydrogen (secondary N) is 6. The summed E-state index contributed by atoms with van der Waals surface area (Å²) < 4.78 is 16.8. The largest absolute Gasteiger partial charge is 0.480 e. The van der Waals surface area contributed by atoms with Crippen molar-refractivity contribution in [3.8, 4) is 0 Å². The predicted molar refractivity (Wildman–Crippen MR) is 313 cm³/mol. The summed E-state index contributed by atoms with van der Waals surface area (Å²) in [5, 5.41) is 63.6. The maximum atomic E-state index is 12.9. The van der Waals surface area contributed by atoms with E-state index in [1.165, 1.54) is 18.3 Å². The van der Waals surface area contributed by atoms with Crippen molar-refractivity contribution in [1.82, 2.24) is 55.5 Å². The molecule has 85 heavy (non-hydrogen) atoms. The number of benzene rings is 2. The van der Waals surface area contributed by atoms with Crippen LogP contribution in [0.4, 0.5) is 17.3 Å². The number of thiocarbonyl (C=S) groups is 1. The van der Waals surface area contributed by atoms with E-state index in [1.54, 1.807) is 31.7 Å². The van der Waals surface area contributed by atoms with Gasteiger partial charge in [0.2, 0.25) is 11.9 Å². The molecule has 1 aliphatic heterocycles. The molecule has 0 saturated carbocycles. The maximum Gasteiger partial charge on any atom is 0.326 e. The molecule has 0 aliphatic carbocycles. The summed E-state index contributed by atoms with van der Waals surface area (Å²) in [6, 6.07) is 11.4. The van der Waals surface area contributed by atoms with Crippen LogP contribution in [-0.2, 0) is 55.9 Å². The lowest BCUT2D eigenvalue weighted by atomic mass is 10.0. The fourth-order valence-electron chi connectivity index (χ4n) is 8.78. The second-order valence-electron chi connectivity index (χ2n) is 19.7. The fraction of sp³-hybridized carbons (Fsp3) is 0.519. The van der Waals surface area contributed by atoms with Gasteiger partial charge in [-0.3, -0.25) is 58.1 Å². The Morgan fingerprint density at radius 2 is 1.19 bits per heavy atom. The molecular weight excluding hydrogens is 1130 g/mol. The van der Waals surface area contributed by atoms with E-state index in [-0.39, 0.29) is 126 Å². The number of carbonyl (C=O) groups is 7.